The summed E-state index contributed by atoms with van der Waals surface area (Å²) < 4.78 is 10.5. The molecule has 1 aromatic rings. The minimum absolute atomic E-state index is 0.428. The molecule has 0 heterocycles. The summed E-state index contributed by atoms with van der Waals surface area (Å²) in [6.07, 6.45) is 0. The minimum atomic E-state index is 0.428. The predicted octanol–water partition coefficient (Wildman–Crippen LogP) is 0.491. The van der Waals surface area contributed by atoms with Crippen LogP contribution < -0.4 is 20.9 Å². The normalized spacial score (nSPS) is 9.93. The van der Waals surface area contributed by atoms with Crippen molar-refractivity contribution in [2.45, 2.75) is 6.54 Å². The van der Waals surface area contributed by atoms with Crippen LogP contribution in [0.4, 0.5) is 0 Å². The van der Waals surface area contributed by atoms with Crippen LogP contribution in [0.1, 0.15) is 5.56 Å². The molecule has 14 heavy (non-hydrogen) atoms. The van der Waals surface area contributed by atoms with E-state index < -0.39 is 0 Å². The molecular weight excluding hydrogens is 180 g/mol. The third-order valence-electron chi connectivity index (χ3n) is 1.86. The summed E-state index contributed by atoms with van der Waals surface area (Å²) >= 11 is 0. The maximum atomic E-state index is 5.58. The molecule has 0 amide bonds. The molecule has 0 saturated heterocycles. The van der Waals surface area contributed by atoms with E-state index in [0.29, 0.717) is 19.7 Å². The number of rotatable bonds is 5. The molecule has 0 aliphatic heterocycles. The van der Waals surface area contributed by atoms with Crippen molar-refractivity contribution in [2.24, 2.45) is 11.5 Å². The van der Waals surface area contributed by atoms with Crippen molar-refractivity contribution in [3.63, 3.8) is 0 Å². The SMILES string of the molecule is COc1ccc(OCCN)c(CN)c1. The van der Waals surface area contributed by atoms with Crippen LogP contribution in [-0.4, -0.2) is 20.3 Å². The van der Waals surface area contributed by atoms with Crippen molar-refractivity contribution in [1.29, 1.82) is 0 Å². The quantitative estimate of drug-likeness (QED) is 0.719. The molecule has 0 unspecified atom stereocenters. The Kier molecular flexibility index (Phi) is 4.22. The summed E-state index contributed by atoms with van der Waals surface area (Å²) in [5.41, 5.74) is 11.9. The van der Waals surface area contributed by atoms with Gasteiger partial charge in [-0.25, -0.2) is 0 Å². The van der Waals surface area contributed by atoms with Gasteiger partial charge < -0.3 is 20.9 Å². The first-order valence-electron chi connectivity index (χ1n) is 4.51. The highest BCUT2D eigenvalue weighted by atomic mass is 16.5. The van der Waals surface area contributed by atoms with E-state index in [-0.39, 0.29) is 0 Å². The monoisotopic (exact) mass is 196 g/mol. The van der Waals surface area contributed by atoms with E-state index >= 15 is 0 Å². The lowest BCUT2D eigenvalue weighted by molar-refractivity contribution is 0.323. The summed E-state index contributed by atoms with van der Waals surface area (Å²) in [7, 11) is 1.62. The van der Waals surface area contributed by atoms with Gasteiger partial charge in [-0.05, 0) is 18.2 Å². The molecule has 4 heteroatoms. The molecular formula is C10H16N2O2. The van der Waals surface area contributed by atoms with Crippen molar-refractivity contribution in [3.05, 3.63) is 23.8 Å². The lowest BCUT2D eigenvalue weighted by Crippen LogP contribution is -2.12. The van der Waals surface area contributed by atoms with Gasteiger partial charge in [0.15, 0.2) is 0 Å². The van der Waals surface area contributed by atoms with Crippen LogP contribution in [0.2, 0.25) is 0 Å². The fraction of sp³-hybridized carbons (Fsp3) is 0.400. The third kappa shape index (κ3) is 2.61. The Morgan fingerprint density at radius 1 is 1.29 bits per heavy atom. The number of ether oxygens (including phenoxy) is 2. The third-order valence-corrected chi connectivity index (χ3v) is 1.86. The van der Waals surface area contributed by atoms with Gasteiger partial charge in [0.25, 0.3) is 0 Å². The average Bonchev–Trinajstić information content (AvgIpc) is 2.26. The van der Waals surface area contributed by atoms with Crippen LogP contribution >= 0.6 is 0 Å². The van der Waals surface area contributed by atoms with Crippen molar-refractivity contribution in [3.8, 4) is 11.5 Å². The molecule has 4 nitrogen and oxygen atoms in total. The highest BCUT2D eigenvalue weighted by molar-refractivity contribution is 5.40. The van der Waals surface area contributed by atoms with Gasteiger partial charge in [0.2, 0.25) is 0 Å². The van der Waals surface area contributed by atoms with Gasteiger partial charge in [0.1, 0.15) is 18.1 Å². The van der Waals surface area contributed by atoms with E-state index in [2.05, 4.69) is 0 Å². The Balaban J connectivity index is 2.82. The molecule has 0 aromatic heterocycles. The summed E-state index contributed by atoms with van der Waals surface area (Å²) in [4.78, 5) is 0. The maximum absolute atomic E-state index is 5.58. The maximum Gasteiger partial charge on any atom is 0.124 e. The zero-order valence-electron chi connectivity index (χ0n) is 8.32. The first-order chi connectivity index (χ1) is 6.81. The molecule has 1 aromatic carbocycles. The van der Waals surface area contributed by atoms with Crippen molar-refractivity contribution in [1.82, 2.24) is 0 Å². The fourth-order valence-corrected chi connectivity index (χ4v) is 1.15. The van der Waals surface area contributed by atoms with Crippen LogP contribution in [0.15, 0.2) is 18.2 Å². The second-order valence-electron chi connectivity index (χ2n) is 2.81. The van der Waals surface area contributed by atoms with Crippen LogP contribution in [0.5, 0.6) is 11.5 Å². The topological polar surface area (TPSA) is 70.5 Å². The Morgan fingerprint density at radius 3 is 2.64 bits per heavy atom. The number of benzene rings is 1. The van der Waals surface area contributed by atoms with Gasteiger partial charge in [-0.3, -0.25) is 0 Å². The number of hydrogen-bond donors (Lipinski definition) is 2. The molecule has 0 saturated carbocycles. The van der Waals surface area contributed by atoms with E-state index in [0.717, 1.165) is 17.1 Å². The largest absolute Gasteiger partial charge is 0.497 e. The number of hydrogen-bond acceptors (Lipinski definition) is 4. The summed E-state index contributed by atoms with van der Waals surface area (Å²) in [5, 5.41) is 0. The van der Waals surface area contributed by atoms with E-state index in [1.54, 1.807) is 7.11 Å². The molecule has 0 atom stereocenters. The zero-order valence-corrected chi connectivity index (χ0v) is 8.32. The van der Waals surface area contributed by atoms with Gasteiger partial charge in [-0.1, -0.05) is 0 Å². The molecule has 0 fully saturated rings. The Hall–Kier alpha value is -1.26. The molecule has 0 aliphatic rings. The summed E-state index contributed by atoms with van der Waals surface area (Å²) in [5.74, 6) is 1.56. The number of nitrogens with two attached hydrogens (primary N) is 2. The van der Waals surface area contributed by atoms with E-state index in [9.17, 15) is 0 Å². The highest BCUT2D eigenvalue weighted by Gasteiger charge is 2.03. The predicted molar refractivity (Wildman–Crippen MR) is 55.4 cm³/mol. The lowest BCUT2D eigenvalue weighted by atomic mass is 10.2. The van der Waals surface area contributed by atoms with Crippen LogP contribution in [0.25, 0.3) is 0 Å². The molecule has 0 spiro atoms. The molecule has 0 radical (unpaired) electrons. The lowest BCUT2D eigenvalue weighted by Gasteiger charge is -2.10. The van der Waals surface area contributed by atoms with Crippen LogP contribution in [0.3, 0.4) is 0 Å². The van der Waals surface area contributed by atoms with Crippen molar-refractivity contribution in [2.75, 3.05) is 20.3 Å². The standard InChI is InChI=1S/C10H16N2O2/c1-13-9-2-3-10(14-5-4-11)8(6-9)7-12/h2-3,6H,4-5,7,11-12H2,1H3. The van der Waals surface area contributed by atoms with Crippen molar-refractivity contribution < 1.29 is 9.47 Å². The Bertz CT molecular complexity index is 289. The first-order valence-corrected chi connectivity index (χ1v) is 4.51. The minimum Gasteiger partial charge on any atom is -0.497 e. The summed E-state index contributed by atoms with van der Waals surface area (Å²) in [6.45, 7) is 1.42. The zero-order chi connectivity index (χ0) is 10.4. The van der Waals surface area contributed by atoms with Crippen LogP contribution in [0, 0.1) is 0 Å². The Labute approximate surface area is 83.8 Å². The summed E-state index contributed by atoms with van der Waals surface area (Å²) in [6, 6.07) is 5.55. The molecule has 78 valence electrons. The van der Waals surface area contributed by atoms with E-state index in [4.69, 9.17) is 20.9 Å². The average molecular weight is 196 g/mol. The molecule has 4 N–H and O–H groups in total. The second-order valence-corrected chi connectivity index (χ2v) is 2.81. The molecule has 0 aliphatic carbocycles. The first kappa shape index (κ1) is 10.8. The molecule has 1 rings (SSSR count). The Morgan fingerprint density at radius 2 is 2.07 bits per heavy atom. The highest BCUT2D eigenvalue weighted by Crippen LogP contribution is 2.23. The van der Waals surface area contributed by atoms with Gasteiger partial charge in [0, 0.05) is 18.7 Å². The fourth-order valence-electron chi connectivity index (χ4n) is 1.15. The van der Waals surface area contributed by atoms with E-state index in [1.807, 2.05) is 18.2 Å². The van der Waals surface area contributed by atoms with Gasteiger partial charge in [0.05, 0.1) is 7.11 Å². The van der Waals surface area contributed by atoms with Crippen LogP contribution in [-0.2, 0) is 6.54 Å². The second kappa shape index (κ2) is 5.47. The van der Waals surface area contributed by atoms with Gasteiger partial charge in [-0.2, -0.15) is 0 Å². The van der Waals surface area contributed by atoms with Gasteiger partial charge >= 0.3 is 0 Å². The van der Waals surface area contributed by atoms with Crippen molar-refractivity contribution >= 4 is 0 Å². The van der Waals surface area contributed by atoms with E-state index in [1.165, 1.54) is 0 Å². The van der Waals surface area contributed by atoms with Gasteiger partial charge in [-0.15, -0.1) is 0 Å². The smallest absolute Gasteiger partial charge is 0.124 e. The molecule has 0 bridgehead atoms. The number of methoxy groups -OCH3 is 1.